The van der Waals surface area contributed by atoms with Crippen molar-refractivity contribution in [2.45, 2.75) is 25.4 Å². The Balaban J connectivity index is 1.68. The van der Waals surface area contributed by atoms with Crippen LogP contribution in [0.5, 0.6) is 0 Å². The highest BCUT2D eigenvalue weighted by Crippen LogP contribution is 2.28. The second-order valence-corrected chi connectivity index (χ2v) is 5.46. The highest BCUT2D eigenvalue weighted by molar-refractivity contribution is 6.00. The Labute approximate surface area is 122 Å². The second kappa shape index (κ2) is 5.20. The van der Waals surface area contributed by atoms with Gasteiger partial charge in [0, 0.05) is 18.2 Å². The minimum absolute atomic E-state index is 0.0219. The van der Waals surface area contributed by atoms with E-state index in [1.54, 1.807) is 12.1 Å². The number of nitrogens with zero attached hydrogens (tertiary/aromatic N) is 2. The topological polar surface area (TPSA) is 77.9 Å². The standard InChI is InChI=1S/C15H16N2O4/c18-13(17(9-14(19)20)11-5-6-11)8-16-7-10-3-1-2-4-12(10)15(16)21/h1-4,11H,5-9H2,(H,19,20). The number of benzene rings is 1. The average Bonchev–Trinajstić information content (AvgIpc) is 3.23. The van der Waals surface area contributed by atoms with Gasteiger partial charge in [-0.3, -0.25) is 14.4 Å². The van der Waals surface area contributed by atoms with Gasteiger partial charge in [0.2, 0.25) is 5.91 Å². The zero-order chi connectivity index (χ0) is 15.0. The summed E-state index contributed by atoms with van der Waals surface area (Å²) in [4.78, 5) is 38.2. The van der Waals surface area contributed by atoms with Crippen LogP contribution in [0.3, 0.4) is 0 Å². The Kier molecular flexibility index (Phi) is 3.37. The largest absolute Gasteiger partial charge is 0.480 e. The molecule has 6 nitrogen and oxygen atoms in total. The Hall–Kier alpha value is -2.37. The van der Waals surface area contributed by atoms with Gasteiger partial charge >= 0.3 is 5.97 Å². The molecule has 3 rings (SSSR count). The van der Waals surface area contributed by atoms with Crippen molar-refractivity contribution in [2.24, 2.45) is 0 Å². The van der Waals surface area contributed by atoms with Gasteiger partial charge in [0.25, 0.3) is 5.91 Å². The van der Waals surface area contributed by atoms with Gasteiger partial charge in [-0.2, -0.15) is 0 Å². The molecule has 21 heavy (non-hydrogen) atoms. The lowest BCUT2D eigenvalue weighted by atomic mass is 10.1. The molecule has 2 aliphatic rings. The first kappa shape index (κ1) is 13.6. The summed E-state index contributed by atoms with van der Waals surface area (Å²) in [5.74, 6) is -1.47. The van der Waals surface area contributed by atoms with Crippen LogP contribution in [0.25, 0.3) is 0 Å². The first-order valence-electron chi connectivity index (χ1n) is 6.94. The van der Waals surface area contributed by atoms with Gasteiger partial charge in [-0.15, -0.1) is 0 Å². The number of aliphatic carboxylic acids is 1. The van der Waals surface area contributed by atoms with E-state index in [0.29, 0.717) is 12.1 Å². The Morgan fingerprint density at radius 1 is 1.29 bits per heavy atom. The van der Waals surface area contributed by atoms with Crippen LogP contribution in [-0.4, -0.2) is 51.8 Å². The molecule has 2 amide bonds. The van der Waals surface area contributed by atoms with Crippen LogP contribution in [0.2, 0.25) is 0 Å². The molecule has 0 spiro atoms. The fourth-order valence-corrected chi connectivity index (χ4v) is 2.65. The Morgan fingerprint density at radius 3 is 2.62 bits per heavy atom. The predicted molar refractivity (Wildman–Crippen MR) is 73.6 cm³/mol. The Bertz CT molecular complexity index is 609. The first-order valence-corrected chi connectivity index (χ1v) is 6.94. The van der Waals surface area contributed by atoms with Crippen molar-refractivity contribution in [1.82, 2.24) is 9.80 Å². The first-order chi connectivity index (χ1) is 10.1. The highest BCUT2D eigenvalue weighted by Gasteiger charge is 2.36. The van der Waals surface area contributed by atoms with Crippen molar-refractivity contribution in [1.29, 1.82) is 0 Å². The fourth-order valence-electron chi connectivity index (χ4n) is 2.65. The van der Waals surface area contributed by atoms with Crippen molar-refractivity contribution < 1.29 is 19.5 Å². The van der Waals surface area contributed by atoms with Crippen LogP contribution in [0.1, 0.15) is 28.8 Å². The number of hydrogen-bond donors (Lipinski definition) is 1. The van der Waals surface area contributed by atoms with Crippen LogP contribution in [0, 0.1) is 0 Å². The SMILES string of the molecule is O=C(O)CN(C(=O)CN1Cc2ccccc2C1=O)C1CC1. The molecule has 0 atom stereocenters. The lowest BCUT2D eigenvalue weighted by Crippen LogP contribution is -2.44. The summed E-state index contributed by atoms with van der Waals surface area (Å²) < 4.78 is 0. The van der Waals surface area contributed by atoms with E-state index >= 15 is 0 Å². The molecule has 0 bridgehead atoms. The second-order valence-electron chi connectivity index (χ2n) is 5.46. The summed E-state index contributed by atoms with van der Waals surface area (Å²) in [7, 11) is 0. The third-order valence-electron chi connectivity index (χ3n) is 3.84. The molecule has 0 radical (unpaired) electrons. The summed E-state index contributed by atoms with van der Waals surface area (Å²) in [6, 6.07) is 7.29. The van der Waals surface area contributed by atoms with E-state index < -0.39 is 5.97 Å². The molecule has 1 N–H and O–H groups in total. The van der Waals surface area contributed by atoms with E-state index in [2.05, 4.69) is 0 Å². The molecule has 110 valence electrons. The number of carbonyl (C=O) groups is 3. The molecule has 1 aromatic rings. The number of carboxylic acids is 1. The van der Waals surface area contributed by atoms with E-state index in [1.807, 2.05) is 12.1 Å². The number of rotatable bonds is 5. The third kappa shape index (κ3) is 2.74. The number of carboxylic acid groups (broad SMARTS) is 1. The van der Waals surface area contributed by atoms with Crippen LogP contribution in [0.15, 0.2) is 24.3 Å². The summed E-state index contributed by atoms with van der Waals surface area (Å²) in [6.45, 7) is 0.0576. The number of amides is 2. The zero-order valence-corrected chi connectivity index (χ0v) is 11.5. The maximum Gasteiger partial charge on any atom is 0.323 e. The smallest absolute Gasteiger partial charge is 0.323 e. The van der Waals surface area contributed by atoms with Gasteiger partial charge < -0.3 is 14.9 Å². The summed E-state index contributed by atoms with van der Waals surface area (Å²) >= 11 is 0. The molecule has 1 aromatic carbocycles. The molecule has 1 aliphatic heterocycles. The fraction of sp³-hybridized carbons (Fsp3) is 0.400. The maximum absolute atomic E-state index is 12.3. The normalized spacial score (nSPS) is 16.8. The van der Waals surface area contributed by atoms with Gasteiger partial charge in [0.1, 0.15) is 13.1 Å². The van der Waals surface area contributed by atoms with Crippen LogP contribution in [-0.2, 0) is 16.1 Å². The number of carbonyl (C=O) groups excluding carboxylic acids is 2. The summed E-state index contributed by atoms with van der Waals surface area (Å²) in [5, 5.41) is 8.89. The summed E-state index contributed by atoms with van der Waals surface area (Å²) in [6.07, 6.45) is 1.68. The van der Waals surface area contributed by atoms with Crippen LogP contribution >= 0.6 is 0 Å². The predicted octanol–water partition coefficient (Wildman–Crippen LogP) is 0.718. The Morgan fingerprint density at radius 2 is 2.00 bits per heavy atom. The van der Waals surface area contributed by atoms with Crippen molar-refractivity contribution in [3.8, 4) is 0 Å². The van der Waals surface area contributed by atoms with E-state index in [1.165, 1.54) is 9.80 Å². The quantitative estimate of drug-likeness (QED) is 0.866. The van der Waals surface area contributed by atoms with Crippen LogP contribution < -0.4 is 0 Å². The number of fused-ring (bicyclic) bond motifs is 1. The molecular weight excluding hydrogens is 272 g/mol. The summed E-state index contributed by atoms with van der Waals surface area (Å²) in [5.41, 5.74) is 1.54. The minimum atomic E-state index is -1.02. The molecule has 1 fully saturated rings. The molecule has 1 saturated carbocycles. The molecule has 0 unspecified atom stereocenters. The van der Waals surface area contributed by atoms with Gasteiger partial charge in [-0.05, 0) is 24.5 Å². The van der Waals surface area contributed by atoms with Gasteiger partial charge in [0.05, 0.1) is 0 Å². The lowest BCUT2D eigenvalue weighted by molar-refractivity contribution is -0.145. The molecular formula is C15H16N2O4. The van der Waals surface area contributed by atoms with E-state index in [4.69, 9.17) is 5.11 Å². The molecule has 0 saturated heterocycles. The molecule has 1 heterocycles. The minimum Gasteiger partial charge on any atom is -0.480 e. The zero-order valence-electron chi connectivity index (χ0n) is 11.5. The van der Waals surface area contributed by atoms with Gasteiger partial charge in [0.15, 0.2) is 0 Å². The van der Waals surface area contributed by atoms with Crippen molar-refractivity contribution in [3.05, 3.63) is 35.4 Å². The van der Waals surface area contributed by atoms with Crippen molar-refractivity contribution in [3.63, 3.8) is 0 Å². The average molecular weight is 288 g/mol. The van der Waals surface area contributed by atoms with E-state index in [0.717, 1.165) is 18.4 Å². The number of hydrogen-bond acceptors (Lipinski definition) is 3. The molecule has 1 aliphatic carbocycles. The third-order valence-corrected chi connectivity index (χ3v) is 3.84. The van der Waals surface area contributed by atoms with Gasteiger partial charge in [-0.25, -0.2) is 0 Å². The highest BCUT2D eigenvalue weighted by atomic mass is 16.4. The van der Waals surface area contributed by atoms with Crippen molar-refractivity contribution in [2.75, 3.05) is 13.1 Å². The molecule has 0 aromatic heterocycles. The molecule has 6 heteroatoms. The van der Waals surface area contributed by atoms with Crippen molar-refractivity contribution >= 4 is 17.8 Å². The van der Waals surface area contributed by atoms with Gasteiger partial charge in [-0.1, -0.05) is 18.2 Å². The lowest BCUT2D eigenvalue weighted by Gasteiger charge is -2.23. The monoisotopic (exact) mass is 288 g/mol. The van der Waals surface area contributed by atoms with E-state index in [9.17, 15) is 14.4 Å². The van der Waals surface area contributed by atoms with E-state index in [-0.39, 0.29) is 30.9 Å². The van der Waals surface area contributed by atoms with Crippen LogP contribution in [0.4, 0.5) is 0 Å². The maximum atomic E-state index is 12.3.